The summed E-state index contributed by atoms with van der Waals surface area (Å²) in [6.07, 6.45) is 0.380. The van der Waals surface area contributed by atoms with Crippen LogP contribution in [0.2, 0.25) is 0 Å². The second-order valence-electron chi connectivity index (χ2n) is 3.98. The van der Waals surface area contributed by atoms with Crippen LogP contribution >= 0.6 is 23.8 Å². The summed E-state index contributed by atoms with van der Waals surface area (Å²) < 4.78 is 48.2. The summed E-state index contributed by atoms with van der Waals surface area (Å²) in [5.74, 6) is 0.274. The minimum absolute atomic E-state index is 0. The molecule has 1 aliphatic heterocycles. The van der Waals surface area contributed by atoms with Crippen LogP contribution < -0.4 is 5.32 Å². The van der Waals surface area contributed by atoms with Gasteiger partial charge in [0, 0.05) is 19.6 Å². The zero-order valence-corrected chi connectivity index (χ0v) is 12.6. The van der Waals surface area contributed by atoms with Gasteiger partial charge in [-0.3, -0.25) is 0 Å². The van der Waals surface area contributed by atoms with E-state index in [2.05, 4.69) is 5.32 Å². The van der Waals surface area contributed by atoms with Gasteiger partial charge in [0.05, 0.1) is 0 Å². The van der Waals surface area contributed by atoms with Crippen molar-refractivity contribution in [1.82, 2.24) is 9.62 Å². The van der Waals surface area contributed by atoms with Crippen molar-refractivity contribution in [3.05, 3.63) is 0 Å². The maximum Gasteiger partial charge on any atom is 0.278 e. The third-order valence-electron chi connectivity index (χ3n) is 2.73. The van der Waals surface area contributed by atoms with Gasteiger partial charge in [-0.15, -0.1) is 24.1 Å². The van der Waals surface area contributed by atoms with Crippen molar-refractivity contribution in [2.75, 3.05) is 26.2 Å². The van der Waals surface area contributed by atoms with Crippen LogP contribution in [0.5, 0.6) is 0 Å². The monoisotopic (exact) mass is 314 g/mol. The van der Waals surface area contributed by atoms with Crippen LogP contribution in [0, 0.1) is 5.92 Å². The topological polar surface area (TPSA) is 15.3 Å². The lowest BCUT2D eigenvalue weighted by Gasteiger charge is -2.23. The highest BCUT2D eigenvalue weighted by molar-refractivity contribution is 8.18. The first kappa shape index (κ1) is 20.6. The molecular formula is C10H23ClF4N2S. The summed E-state index contributed by atoms with van der Waals surface area (Å²) in [4.78, 5) is 0. The normalized spacial score (nSPS) is 24.9. The Bertz CT molecular complexity index is 193. The fourth-order valence-electron chi connectivity index (χ4n) is 1.47. The molecule has 8 heteroatoms. The second-order valence-corrected chi connectivity index (χ2v) is 5.26. The summed E-state index contributed by atoms with van der Waals surface area (Å²) in [5, 5.41) is 2.99. The summed E-state index contributed by atoms with van der Waals surface area (Å²) >= 11 is -4.93. The smallest absolute Gasteiger partial charge is 0.278 e. The van der Waals surface area contributed by atoms with Crippen molar-refractivity contribution in [2.45, 2.75) is 33.4 Å². The van der Waals surface area contributed by atoms with Gasteiger partial charge in [0.25, 0.3) is 11.4 Å². The van der Waals surface area contributed by atoms with Gasteiger partial charge >= 0.3 is 0 Å². The number of halogens is 5. The van der Waals surface area contributed by atoms with E-state index in [4.69, 9.17) is 0 Å². The second kappa shape index (κ2) is 10.1. The standard InChI is InChI=1S/C6H12FN.C4H10F3NS.ClH/c1-5-2-3-8-4-6(5)7;1-3-8(4-2)9(5,6)7;/h5-6,8H,2-4H2,1H3;3-4H2,1-2H3;1H/t5-,6-;;/m1../s1. The largest absolute Gasteiger partial charge is 0.314 e. The highest BCUT2D eigenvalue weighted by Crippen LogP contribution is 2.55. The molecule has 0 saturated carbocycles. The number of piperidine rings is 1. The van der Waals surface area contributed by atoms with E-state index in [9.17, 15) is 16.0 Å². The van der Waals surface area contributed by atoms with Crippen LogP contribution in [-0.4, -0.2) is 36.7 Å². The molecule has 0 amide bonds. The van der Waals surface area contributed by atoms with Crippen molar-refractivity contribution in [1.29, 1.82) is 0 Å². The van der Waals surface area contributed by atoms with Gasteiger partial charge in [-0.2, -0.15) is 4.31 Å². The van der Waals surface area contributed by atoms with E-state index in [0.29, 0.717) is 10.8 Å². The number of hydrogen-bond donors (Lipinski definition) is 1. The van der Waals surface area contributed by atoms with E-state index in [0.717, 1.165) is 13.0 Å². The molecular weight excluding hydrogens is 292 g/mol. The first-order chi connectivity index (χ1) is 7.82. The minimum Gasteiger partial charge on any atom is -0.314 e. The van der Waals surface area contributed by atoms with Crippen molar-refractivity contribution in [3.8, 4) is 0 Å². The Morgan fingerprint density at radius 1 is 1.22 bits per heavy atom. The molecule has 0 radical (unpaired) electrons. The maximum absolute atomic E-state index is 12.5. The Morgan fingerprint density at radius 3 is 1.89 bits per heavy atom. The summed E-state index contributed by atoms with van der Waals surface area (Å²) in [6, 6.07) is 0. The van der Waals surface area contributed by atoms with Gasteiger partial charge in [0.1, 0.15) is 6.17 Å². The maximum atomic E-state index is 12.5. The summed E-state index contributed by atoms with van der Waals surface area (Å²) in [6.45, 7) is 6.65. The first-order valence-corrected chi connectivity index (χ1v) is 7.14. The molecule has 0 unspecified atom stereocenters. The van der Waals surface area contributed by atoms with Gasteiger partial charge in [0.2, 0.25) is 0 Å². The average molecular weight is 315 g/mol. The molecule has 0 aromatic rings. The molecule has 1 N–H and O–H groups in total. The van der Waals surface area contributed by atoms with Crippen LogP contribution in [0.4, 0.5) is 16.0 Å². The number of nitrogens with zero attached hydrogens (tertiary/aromatic N) is 1. The minimum atomic E-state index is -4.93. The van der Waals surface area contributed by atoms with Gasteiger partial charge in [-0.05, 0) is 18.9 Å². The van der Waals surface area contributed by atoms with Gasteiger partial charge in [-0.25, -0.2) is 4.39 Å². The Kier molecular flexibility index (Phi) is 11.6. The average Bonchev–Trinajstić information content (AvgIpc) is 2.23. The summed E-state index contributed by atoms with van der Waals surface area (Å²) in [5.41, 5.74) is 0. The highest BCUT2D eigenvalue weighted by Gasteiger charge is 2.27. The Hall–Kier alpha value is 0.280. The Morgan fingerprint density at radius 2 is 1.72 bits per heavy atom. The molecule has 0 aliphatic carbocycles. The van der Waals surface area contributed by atoms with Gasteiger partial charge < -0.3 is 5.32 Å². The van der Waals surface area contributed by atoms with Crippen molar-refractivity contribution in [3.63, 3.8) is 0 Å². The third-order valence-corrected chi connectivity index (χ3v) is 3.83. The van der Waals surface area contributed by atoms with Gasteiger partial charge in [-0.1, -0.05) is 20.8 Å². The first-order valence-electron chi connectivity index (χ1n) is 5.84. The van der Waals surface area contributed by atoms with E-state index in [1.54, 1.807) is 0 Å². The number of nitrogens with one attached hydrogen (secondary N) is 1. The zero-order chi connectivity index (χ0) is 13.5. The zero-order valence-electron chi connectivity index (χ0n) is 11.0. The molecule has 0 spiro atoms. The molecule has 0 bridgehead atoms. The predicted molar refractivity (Wildman–Crippen MR) is 72.6 cm³/mol. The van der Waals surface area contributed by atoms with Crippen molar-refractivity contribution in [2.24, 2.45) is 5.92 Å². The molecule has 1 heterocycles. The number of hydrogen-bond acceptors (Lipinski definition) is 2. The van der Waals surface area contributed by atoms with E-state index in [-0.39, 0.29) is 31.4 Å². The molecule has 1 aliphatic rings. The highest BCUT2D eigenvalue weighted by atomic mass is 35.5. The number of rotatable bonds is 3. The molecule has 2 atom stereocenters. The molecule has 2 nitrogen and oxygen atoms in total. The quantitative estimate of drug-likeness (QED) is 0.790. The molecule has 114 valence electrons. The van der Waals surface area contributed by atoms with Crippen LogP contribution in [-0.2, 0) is 0 Å². The fourth-order valence-corrected chi connectivity index (χ4v) is 2.05. The fraction of sp³-hybridized carbons (Fsp3) is 1.00. The van der Waals surface area contributed by atoms with Crippen molar-refractivity contribution >= 4 is 23.8 Å². The lowest BCUT2D eigenvalue weighted by atomic mass is 9.99. The number of alkyl halides is 1. The van der Waals surface area contributed by atoms with Crippen LogP contribution in [0.3, 0.4) is 0 Å². The van der Waals surface area contributed by atoms with Crippen LogP contribution in [0.1, 0.15) is 27.2 Å². The molecule has 18 heavy (non-hydrogen) atoms. The molecule has 0 aromatic heterocycles. The van der Waals surface area contributed by atoms with Crippen LogP contribution in [0.15, 0.2) is 0 Å². The lowest BCUT2D eigenvalue weighted by Crippen LogP contribution is -2.36. The Balaban J connectivity index is 0. The van der Waals surface area contributed by atoms with E-state index in [1.165, 1.54) is 13.8 Å². The molecule has 1 fully saturated rings. The lowest BCUT2D eigenvalue weighted by molar-refractivity contribution is 0.194. The summed E-state index contributed by atoms with van der Waals surface area (Å²) in [7, 11) is 0. The van der Waals surface area contributed by atoms with E-state index in [1.807, 2.05) is 6.92 Å². The molecule has 1 saturated heterocycles. The van der Waals surface area contributed by atoms with Crippen molar-refractivity contribution < 1.29 is 16.0 Å². The SMILES string of the molecule is CCN(CC)S(F)(F)F.C[C@@H]1CCNC[C@H]1F.Cl. The predicted octanol–water partition coefficient (Wildman–Crippen LogP) is 4.08. The third kappa shape index (κ3) is 8.39. The van der Waals surface area contributed by atoms with E-state index >= 15 is 0 Å². The Labute approximate surface area is 115 Å². The van der Waals surface area contributed by atoms with Crippen LogP contribution in [0.25, 0.3) is 0 Å². The van der Waals surface area contributed by atoms with E-state index < -0.39 is 17.5 Å². The van der Waals surface area contributed by atoms with Gasteiger partial charge in [0.15, 0.2) is 0 Å². The molecule has 0 aromatic carbocycles. The molecule has 1 rings (SSSR count).